The lowest BCUT2D eigenvalue weighted by atomic mass is 10.1. The van der Waals surface area contributed by atoms with Gasteiger partial charge in [-0.25, -0.2) is 0 Å². The maximum atomic E-state index is 12.1. The number of carbonyl (C=O) groups is 2. The smallest absolute Gasteiger partial charge is 0.305 e. The number of ketones is 1. The van der Waals surface area contributed by atoms with E-state index in [1.54, 1.807) is 0 Å². The van der Waals surface area contributed by atoms with E-state index in [0.29, 0.717) is 18.6 Å². The quantitative estimate of drug-likeness (QED) is 0.313. The predicted octanol–water partition coefficient (Wildman–Crippen LogP) is 3.25. The van der Waals surface area contributed by atoms with Crippen LogP contribution < -0.4 is 0 Å². The molecule has 0 aromatic rings. The molecule has 1 aliphatic heterocycles. The van der Waals surface area contributed by atoms with Gasteiger partial charge in [0.15, 0.2) is 5.78 Å². The van der Waals surface area contributed by atoms with Crippen molar-refractivity contribution in [3.8, 4) is 0 Å². The van der Waals surface area contributed by atoms with Crippen LogP contribution in [0.3, 0.4) is 0 Å². The minimum Gasteiger partial charge on any atom is -0.469 e. The molecule has 0 aliphatic carbocycles. The number of ether oxygens (including phenoxy) is 1. The van der Waals surface area contributed by atoms with Gasteiger partial charge in [-0.3, -0.25) is 14.5 Å². The van der Waals surface area contributed by atoms with Gasteiger partial charge in [0.25, 0.3) is 0 Å². The van der Waals surface area contributed by atoms with Gasteiger partial charge in [0.2, 0.25) is 0 Å². The topological polar surface area (TPSA) is 66.8 Å². The fourth-order valence-corrected chi connectivity index (χ4v) is 3.23. The molecule has 0 bridgehead atoms. The second kappa shape index (κ2) is 13.1. The normalized spacial score (nSPS) is 19.6. The van der Waals surface area contributed by atoms with Crippen LogP contribution in [-0.4, -0.2) is 54.1 Å². The van der Waals surface area contributed by atoms with E-state index in [4.69, 9.17) is 0 Å². The zero-order valence-corrected chi connectivity index (χ0v) is 15.9. The monoisotopic (exact) mass is 353 g/mol. The Kier molecular flexibility index (Phi) is 11.4. The maximum Gasteiger partial charge on any atom is 0.305 e. The standard InChI is InChI=1S/C20H35NO4/c1-3-4-7-10-17(22)13-15-21-16-14-19(23)18(21)11-8-5-6-9-12-20(24)25-2/h5,8,17-18,22H,3-4,6-7,9-16H2,1-2H3/b8-5-/t17?,18-/m0/s1. The van der Waals surface area contributed by atoms with E-state index >= 15 is 0 Å². The predicted molar refractivity (Wildman–Crippen MR) is 99.4 cm³/mol. The molecule has 144 valence electrons. The fraction of sp³-hybridized carbons (Fsp3) is 0.800. The van der Waals surface area contributed by atoms with E-state index in [1.165, 1.54) is 20.0 Å². The van der Waals surface area contributed by atoms with Gasteiger partial charge in [0, 0.05) is 25.9 Å². The molecule has 25 heavy (non-hydrogen) atoms. The third-order valence-corrected chi connectivity index (χ3v) is 4.85. The van der Waals surface area contributed by atoms with Crippen molar-refractivity contribution >= 4 is 11.8 Å². The number of rotatable bonds is 13. The van der Waals surface area contributed by atoms with Crippen LogP contribution in [0.25, 0.3) is 0 Å². The number of aliphatic hydroxyl groups excluding tert-OH is 1. The molecule has 1 heterocycles. The number of hydrogen-bond donors (Lipinski definition) is 1. The zero-order chi connectivity index (χ0) is 18.5. The maximum absolute atomic E-state index is 12.1. The second-order valence-electron chi connectivity index (χ2n) is 6.88. The van der Waals surface area contributed by atoms with Crippen molar-refractivity contribution in [3.63, 3.8) is 0 Å². The number of aliphatic hydroxyl groups is 1. The average Bonchev–Trinajstić information content (AvgIpc) is 2.96. The third kappa shape index (κ3) is 9.17. The average molecular weight is 354 g/mol. The molecule has 1 aliphatic rings. The minimum absolute atomic E-state index is 0.0419. The van der Waals surface area contributed by atoms with Gasteiger partial charge in [0.1, 0.15) is 0 Å². The summed E-state index contributed by atoms with van der Waals surface area (Å²) in [6.07, 6.45) is 12.2. The Morgan fingerprint density at radius 1 is 1.32 bits per heavy atom. The van der Waals surface area contributed by atoms with Crippen LogP contribution in [0, 0.1) is 0 Å². The summed E-state index contributed by atoms with van der Waals surface area (Å²) in [5, 5.41) is 10.1. The van der Waals surface area contributed by atoms with E-state index in [9.17, 15) is 14.7 Å². The first-order valence-electron chi connectivity index (χ1n) is 9.75. The van der Waals surface area contributed by atoms with Crippen LogP contribution in [0.15, 0.2) is 12.2 Å². The van der Waals surface area contributed by atoms with Crippen LogP contribution in [0.1, 0.15) is 71.1 Å². The number of likely N-dealkylation sites (tertiary alicyclic amines) is 1. The minimum atomic E-state index is -0.253. The summed E-state index contributed by atoms with van der Waals surface area (Å²) in [7, 11) is 1.40. The molecule has 1 fully saturated rings. The highest BCUT2D eigenvalue weighted by atomic mass is 16.5. The summed E-state index contributed by atoms with van der Waals surface area (Å²) >= 11 is 0. The molecular formula is C20H35NO4. The molecule has 0 saturated carbocycles. The summed E-state index contributed by atoms with van der Waals surface area (Å²) in [5.41, 5.74) is 0. The van der Waals surface area contributed by atoms with Gasteiger partial charge in [-0.1, -0.05) is 38.3 Å². The first-order valence-corrected chi connectivity index (χ1v) is 9.75. The van der Waals surface area contributed by atoms with Crippen LogP contribution in [0.2, 0.25) is 0 Å². The highest BCUT2D eigenvalue weighted by molar-refractivity contribution is 5.86. The Balaban J connectivity index is 2.26. The van der Waals surface area contributed by atoms with E-state index in [0.717, 1.165) is 51.6 Å². The molecule has 5 heteroatoms. The van der Waals surface area contributed by atoms with Crippen molar-refractivity contribution in [2.75, 3.05) is 20.2 Å². The largest absolute Gasteiger partial charge is 0.469 e. The number of hydrogen-bond acceptors (Lipinski definition) is 5. The van der Waals surface area contributed by atoms with Gasteiger partial charge < -0.3 is 9.84 Å². The zero-order valence-electron chi connectivity index (χ0n) is 15.9. The molecule has 0 aromatic carbocycles. The lowest BCUT2D eigenvalue weighted by Crippen LogP contribution is -2.34. The number of Topliss-reactive ketones (excluding diaryl/α,β-unsaturated/α-hetero) is 1. The Morgan fingerprint density at radius 2 is 2.12 bits per heavy atom. The van der Waals surface area contributed by atoms with Crippen LogP contribution in [-0.2, 0) is 14.3 Å². The summed E-state index contributed by atoms with van der Waals surface area (Å²) in [4.78, 5) is 25.3. The van der Waals surface area contributed by atoms with Gasteiger partial charge in [-0.15, -0.1) is 0 Å². The highest BCUT2D eigenvalue weighted by Crippen LogP contribution is 2.19. The number of carbonyl (C=O) groups excluding carboxylic acids is 2. The Labute approximate surface area is 152 Å². The number of nitrogens with zero attached hydrogens (tertiary/aromatic N) is 1. The highest BCUT2D eigenvalue weighted by Gasteiger charge is 2.31. The van der Waals surface area contributed by atoms with E-state index < -0.39 is 0 Å². The summed E-state index contributed by atoms with van der Waals surface area (Å²) < 4.78 is 4.61. The summed E-state index contributed by atoms with van der Waals surface area (Å²) in [6, 6.07) is -0.0419. The van der Waals surface area contributed by atoms with E-state index in [-0.39, 0.29) is 18.1 Å². The lowest BCUT2D eigenvalue weighted by molar-refractivity contribution is -0.140. The van der Waals surface area contributed by atoms with Crippen molar-refractivity contribution in [1.29, 1.82) is 0 Å². The van der Waals surface area contributed by atoms with Crippen LogP contribution >= 0.6 is 0 Å². The van der Waals surface area contributed by atoms with Crippen molar-refractivity contribution in [3.05, 3.63) is 12.2 Å². The first kappa shape index (κ1) is 21.8. The molecule has 0 radical (unpaired) electrons. The van der Waals surface area contributed by atoms with E-state index in [2.05, 4.69) is 22.6 Å². The Morgan fingerprint density at radius 3 is 2.84 bits per heavy atom. The van der Waals surface area contributed by atoms with Crippen LogP contribution in [0.5, 0.6) is 0 Å². The van der Waals surface area contributed by atoms with Crippen molar-refractivity contribution in [2.24, 2.45) is 0 Å². The van der Waals surface area contributed by atoms with Gasteiger partial charge in [-0.2, -0.15) is 0 Å². The SMILES string of the molecule is CCCCCC(O)CCN1CCC(=O)[C@@H]1C/C=C\CCCC(=O)OC. The van der Waals surface area contributed by atoms with Crippen molar-refractivity contribution < 1.29 is 19.4 Å². The van der Waals surface area contributed by atoms with Gasteiger partial charge in [-0.05, 0) is 32.1 Å². The number of unbranched alkanes of at least 4 members (excludes halogenated alkanes) is 3. The first-order chi connectivity index (χ1) is 12.1. The third-order valence-electron chi connectivity index (χ3n) is 4.85. The van der Waals surface area contributed by atoms with Gasteiger partial charge >= 0.3 is 5.97 Å². The molecule has 1 rings (SSSR count). The molecule has 5 nitrogen and oxygen atoms in total. The Hall–Kier alpha value is -1.20. The molecule has 0 aromatic heterocycles. The molecular weight excluding hydrogens is 318 g/mol. The number of esters is 1. The Bertz CT molecular complexity index is 422. The summed E-state index contributed by atoms with van der Waals surface area (Å²) in [5.74, 6) is 0.128. The van der Waals surface area contributed by atoms with Crippen molar-refractivity contribution in [1.82, 2.24) is 4.90 Å². The molecule has 0 amide bonds. The van der Waals surface area contributed by atoms with Gasteiger partial charge in [0.05, 0.1) is 19.3 Å². The fourth-order valence-electron chi connectivity index (χ4n) is 3.23. The number of methoxy groups -OCH3 is 1. The molecule has 1 unspecified atom stereocenters. The van der Waals surface area contributed by atoms with E-state index in [1.807, 2.05) is 6.08 Å². The second-order valence-corrected chi connectivity index (χ2v) is 6.88. The number of allylic oxidation sites excluding steroid dienone is 1. The molecule has 0 spiro atoms. The lowest BCUT2D eigenvalue weighted by Gasteiger charge is -2.23. The summed E-state index contributed by atoms with van der Waals surface area (Å²) in [6.45, 7) is 3.76. The van der Waals surface area contributed by atoms with Crippen molar-refractivity contribution in [2.45, 2.75) is 83.3 Å². The molecule has 2 atom stereocenters. The molecule has 1 N–H and O–H groups in total. The van der Waals surface area contributed by atoms with Crippen LogP contribution in [0.4, 0.5) is 0 Å². The molecule has 1 saturated heterocycles.